The van der Waals surface area contributed by atoms with Crippen molar-refractivity contribution in [1.82, 2.24) is 9.55 Å². The number of benzene rings is 3. The van der Waals surface area contributed by atoms with E-state index in [4.69, 9.17) is 14.5 Å². The number of methoxy groups -OCH3 is 1. The molecule has 0 saturated heterocycles. The van der Waals surface area contributed by atoms with Crippen LogP contribution in [0.1, 0.15) is 31.0 Å². The molecule has 7 nitrogen and oxygen atoms in total. The van der Waals surface area contributed by atoms with Crippen molar-refractivity contribution in [2.24, 2.45) is 4.99 Å². The SMILES string of the molecule is CCOC(=O)C1=C(C)N=c2s/c(=C/c3c(-c4ccccc4)[nH]c4ccccc34)c(=O)n2[C@@H]1c1ccc(OC)cc1. The van der Waals surface area contributed by atoms with Crippen LogP contribution in [-0.4, -0.2) is 29.2 Å². The highest BCUT2D eigenvalue weighted by atomic mass is 32.1. The van der Waals surface area contributed by atoms with Crippen LogP contribution in [0, 0.1) is 0 Å². The summed E-state index contributed by atoms with van der Waals surface area (Å²) in [5, 5.41) is 1.02. The molecule has 0 fully saturated rings. The van der Waals surface area contributed by atoms with Crippen LogP contribution in [0.2, 0.25) is 0 Å². The summed E-state index contributed by atoms with van der Waals surface area (Å²) in [5.74, 6) is 0.198. The number of hydrogen-bond acceptors (Lipinski definition) is 6. The Balaban J connectivity index is 1.59. The molecule has 0 bridgehead atoms. The van der Waals surface area contributed by atoms with Crippen LogP contribution in [0.3, 0.4) is 0 Å². The first-order valence-corrected chi connectivity index (χ1v) is 13.8. The van der Waals surface area contributed by atoms with E-state index in [1.54, 1.807) is 25.5 Å². The molecule has 0 amide bonds. The summed E-state index contributed by atoms with van der Waals surface area (Å²) >= 11 is 1.31. The first kappa shape index (κ1) is 25.6. The van der Waals surface area contributed by atoms with Crippen LogP contribution in [-0.2, 0) is 9.53 Å². The number of para-hydroxylation sites is 1. The third-order valence-electron chi connectivity index (χ3n) is 7.03. The van der Waals surface area contributed by atoms with Crippen LogP contribution < -0.4 is 19.6 Å². The number of allylic oxidation sites excluding steroid dienone is 1. The van der Waals surface area contributed by atoms with Crippen molar-refractivity contribution in [3.05, 3.63) is 121 Å². The molecule has 3 aromatic carbocycles. The Hall–Kier alpha value is -4.69. The molecule has 0 radical (unpaired) electrons. The molecule has 1 aliphatic heterocycles. The fraction of sp³-hybridized carbons (Fsp3) is 0.156. The monoisotopic (exact) mass is 549 g/mol. The van der Waals surface area contributed by atoms with Crippen molar-refractivity contribution in [3.63, 3.8) is 0 Å². The Morgan fingerprint density at radius 1 is 1.05 bits per heavy atom. The number of thiazole rings is 1. The summed E-state index contributed by atoms with van der Waals surface area (Å²) in [7, 11) is 1.60. The number of aromatic nitrogens is 2. The van der Waals surface area contributed by atoms with Crippen LogP contribution in [0.25, 0.3) is 28.2 Å². The number of nitrogens with zero attached hydrogens (tertiary/aromatic N) is 2. The zero-order valence-electron chi connectivity index (χ0n) is 22.3. The van der Waals surface area contributed by atoms with Gasteiger partial charge in [-0.2, -0.15) is 0 Å². The molecule has 2 aromatic heterocycles. The van der Waals surface area contributed by atoms with Gasteiger partial charge in [-0.05, 0) is 49.2 Å². The zero-order valence-corrected chi connectivity index (χ0v) is 23.1. The Bertz CT molecular complexity index is 1950. The summed E-state index contributed by atoms with van der Waals surface area (Å²) in [5.41, 5.74) is 5.29. The van der Waals surface area contributed by atoms with Gasteiger partial charge in [0, 0.05) is 16.5 Å². The number of fused-ring (bicyclic) bond motifs is 2. The van der Waals surface area contributed by atoms with Gasteiger partial charge in [-0.1, -0.05) is 72.0 Å². The Kier molecular flexibility index (Phi) is 6.69. The van der Waals surface area contributed by atoms with Crippen LogP contribution >= 0.6 is 11.3 Å². The van der Waals surface area contributed by atoms with Gasteiger partial charge in [-0.25, -0.2) is 9.79 Å². The first-order valence-electron chi connectivity index (χ1n) is 13.0. The second kappa shape index (κ2) is 10.5. The van der Waals surface area contributed by atoms with Gasteiger partial charge in [0.25, 0.3) is 5.56 Å². The van der Waals surface area contributed by atoms with E-state index < -0.39 is 12.0 Å². The van der Waals surface area contributed by atoms with Crippen molar-refractivity contribution in [3.8, 4) is 17.0 Å². The molecule has 0 aliphatic carbocycles. The maximum absolute atomic E-state index is 14.1. The first-order chi connectivity index (χ1) is 19.5. The van der Waals surface area contributed by atoms with E-state index in [1.807, 2.05) is 84.9 Å². The second-order valence-electron chi connectivity index (χ2n) is 9.40. The summed E-state index contributed by atoms with van der Waals surface area (Å²) in [6.45, 7) is 3.77. The minimum atomic E-state index is -0.681. The number of aromatic amines is 1. The van der Waals surface area contributed by atoms with Crippen molar-refractivity contribution in [2.45, 2.75) is 19.9 Å². The van der Waals surface area contributed by atoms with Gasteiger partial charge in [-0.3, -0.25) is 9.36 Å². The third kappa shape index (κ3) is 4.36. The Morgan fingerprint density at radius 3 is 2.50 bits per heavy atom. The van der Waals surface area contributed by atoms with E-state index >= 15 is 0 Å². The van der Waals surface area contributed by atoms with Gasteiger partial charge in [0.1, 0.15) is 5.75 Å². The Morgan fingerprint density at radius 2 is 1.77 bits per heavy atom. The predicted molar refractivity (Wildman–Crippen MR) is 157 cm³/mol. The Labute approximate surface area is 234 Å². The molecule has 5 aromatic rings. The number of carbonyl (C=O) groups is 1. The van der Waals surface area contributed by atoms with Gasteiger partial charge in [0.15, 0.2) is 4.80 Å². The van der Waals surface area contributed by atoms with Crippen molar-refractivity contribution in [2.75, 3.05) is 13.7 Å². The van der Waals surface area contributed by atoms with E-state index in [0.29, 0.717) is 26.4 Å². The normalized spacial score (nSPS) is 15.2. The number of rotatable bonds is 6. The lowest BCUT2D eigenvalue weighted by molar-refractivity contribution is -0.139. The van der Waals surface area contributed by atoms with E-state index in [0.717, 1.165) is 33.3 Å². The molecule has 0 spiro atoms. The second-order valence-corrected chi connectivity index (χ2v) is 10.4. The minimum Gasteiger partial charge on any atom is -0.497 e. The van der Waals surface area contributed by atoms with E-state index in [1.165, 1.54) is 11.3 Å². The summed E-state index contributed by atoms with van der Waals surface area (Å²) in [6.07, 6.45) is 1.93. The van der Waals surface area contributed by atoms with Gasteiger partial charge < -0.3 is 14.5 Å². The standard InChI is InChI=1S/C32H27N3O4S/c1-4-39-31(37)27-19(2)33-32-35(29(27)21-14-16-22(38-3)17-15-21)30(36)26(40-32)18-24-23-12-8-9-13-25(23)34-28(24)20-10-6-5-7-11-20/h5-18,29,34H,4H2,1-3H3/b26-18+/t29-/m1/s1. The topological polar surface area (TPSA) is 85.7 Å². The lowest BCUT2D eigenvalue weighted by Gasteiger charge is -2.24. The van der Waals surface area contributed by atoms with Gasteiger partial charge in [-0.15, -0.1) is 0 Å². The zero-order chi connectivity index (χ0) is 27.8. The van der Waals surface area contributed by atoms with E-state index in [-0.39, 0.29) is 12.2 Å². The van der Waals surface area contributed by atoms with Gasteiger partial charge >= 0.3 is 5.97 Å². The number of esters is 1. The highest BCUT2D eigenvalue weighted by Gasteiger charge is 2.33. The fourth-order valence-corrected chi connectivity index (χ4v) is 6.20. The molecule has 200 valence electrons. The quantitative estimate of drug-likeness (QED) is 0.304. The van der Waals surface area contributed by atoms with Gasteiger partial charge in [0.05, 0.1) is 41.3 Å². The molecule has 40 heavy (non-hydrogen) atoms. The van der Waals surface area contributed by atoms with E-state index in [9.17, 15) is 9.59 Å². The predicted octanol–water partition coefficient (Wildman–Crippen LogP) is 4.96. The van der Waals surface area contributed by atoms with Crippen molar-refractivity contribution in [1.29, 1.82) is 0 Å². The fourth-order valence-electron chi connectivity index (χ4n) is 5.17. The van der Waals surface area contributed by atoms with Gasteiger partial charge in [0.2, 0.25) is 0 Å². The lowest BCUT2D eigenvalue weighted by atomic mass is 9.96. The summed E-state index contributed by atoms with van der Waals surface area (Å²) in [6, 6.07) is 24.8. The molecule has 8 heteroatoms. The molecular weight excluding hydrogens is 522 g/mol. The molecule has 0 saturated carbocycles. The van der Waals surface area contributed by atoms with E-state index in [2.05, 4.69) is 4.98 Å². The van der Waals surface area contributed by atoms with Crippen LogP contribution in [0.5, 0.6) is 5.75 Å². The highest BCUT2D eigenvalue weighted by Crippen LogP contribution is 2.33. The lowest BCUT2D eigenvalue weighted by Crippen LogP contribution is -2.39. The molecule has 1 aliphatic rings. The highest BCUT2D eigenvalue weighted by molar-refractivity contribution is 7.07. The molecular formula is C32H27N3O4S. The van der Waals surface area contributed by atoms with Crippen molar-refractivity contribution >= 4 is 34.3 Å². The maximum atomic E-state index is 14.1. The molecule has 0 unspecified atom stereocenters. The average Bonchev–Trinajstić information content (AvgIpc) is 3.50. The molecule has 3 heterocycles. The average molecular weight is 550 g/mol. The largest absolute Gasteiger partial charge is 0.497 e. The summed E-state index contributed by atoms with van der Waals surface area (Å²) in [4.78, 5) is 36.1. The number of nitrogens with one attached hydrogen (secondary N) is 1. The third-order valence-corrected chi connectivity index (χ3v) is 8.02. The number of H-pyrrole nitrogens is 1. The molecule has 1 N–H and O–H groups in total. The number of hydrogen-bond donors (Lipinski definition) is 1. The minimum absolute atomic E-state index is 0.219. The smallest absolute Gasteiger partial charge is 0.338 e. The maximum Gasteiger partial charge on any atom is 0.338 e. The summed E-state index contributed by atoms with van der Waals surface area (Å²) < 4.78 is 12.9. The van der Waals surface area contributed by atoms with Crippen LogP contribution in [0.15, 0.2) is 99.9 Å². The molecule has 6 rings (SSSR count). The number of ether oxygens (including phenoxy) is 2. The van der Waals surface area contributed by atoms with Crippen molar-refractivity contribution < 1.29 is 14.3 Å². The number of carbonyl (C=O) groups excluding carboxylic acids is 1. The molecule has 1 atom stereocenters. The van der Waals surface area contributed by atoms with Crippen LogP contribution in [0.4, 0.5) is 0 Å².